The van der Waals surface area contributed by atoms with Gasteiger partial charge in [-0.05, 0) is 32.4 Å². The number of ether oxygens (including phenoxy) is 2. The summed E-state index contributed by atoms with van der Waals surface area (Å²) >= 11 is 0. The average Bonchev–Trinajstić information content (AvgIpc) is 3.48. The molecule has 1 fully saturated rings. The van der Waals surface area contributed by atoms with Gasteiger partial charge in [-0.15, -0.1) is 5.53 Å². The van der Waals surface area contributed by atoms with Crippen LogP contribution in [0.4, 0.5) is 17.3 Å². The van der Waals surface area contributed by atoms with Gasteiger partial charge in [-0.1, -0.05) is 0 Å². The topological polar surface area (TPSA) is 113 Å². The van der Waals surface area contributed by atoms with E-state index in [2.05, 4.69) is 35.1 Å². The highest BCUT2D eigenvalue weighted by Crippen LogP contribution is 2.29. The van der Waals surface area contributed by atoms with Gasteiger partial charge in [-0.25, -0.2) is 4.98 Å². The molecule has 192 valence electrons. The van der Waals surface area contributed by atoms with Crippen LogP contribution in [0.2, 0.25) is 0 Å². The highest BCUT2D eigenvalue weighted by Gasteiger charge is 2.28. The molecule has 0 radical (unpaired) electrons. The zero-order valence-electron chi connectivity index (χ0n) is 21.2. The normalized spacial score (nSPS) is 20.3. The van der Waals surface area contributed by atoms with Crippen LogP contribution in [-0.4, -0.2) is 75.7 Å². The smallest absolute Gasteiger partial charge is 0.274 e. The van der Waals surface area contributed by atoms with Crippen LogP contribution in [0.15, 0.2) is 41.6 Å². The van der Waals surface area contributed by atoms with Crippen molar-refractivity contribution in [2.45, 2.75) is 38.5 Å². The molecule has 0 bridgehead atoms. The molecule has 3 N–H and O–H groups in total. The summed E-state index contributed by atoms with van der Waals surface area (Å²) in [5.74, 6) is 1.28. The van der Waals surface area contributed by atoms with Gasteiger partial charge in [-0.2, -0.15) is 9.61 Å². The quantitative estimate of drug-likeness (QED) is 0.450. The lowest BCUT2D eigenvalue weighted by Crippen LogP contribution is -2.41. The largest absolute Gasteiger partial charge is 0.379 e. The summed E-state index contributed by atoms with van der Waals surface area (Å²) in [6.07, 6.45) is 6.17. The first kappa shape index (κ1) is 24.1. The third-order valence-corrected chi connectivity index (χ3v) is 6.61. The van der Waals surface area contributed by atoms with Gasteiger partial charge in [0, 0.05) is 52.3 Å². The van der Waals surface area contributed by atoms with E-state index in [4.69, 9.17) is 14.5 Å². The lowest BCUT2D eigenvalue weighted by atomic mass is 10.1. The number of pyridine rings is 1. The second kappa shape index (κ2) is 9.80. The Morgan fingerprint density at radius 1 is 1.33 bits per heavy atom. The first-order valence-electron chi connectivity index (χ1n) is 12.1. The molecular weight excluding hydrogens is 462 g/mol. The number of methoxy groups -OCH3 is 1. The Morgan fingerprint density at radius 2 is 2.17 bits per heavy atom. The van der Waals surface area contributed by atoms with Crippen molar-refractivity contribution in [2.75, 3.05) is 45.1 Å². The summed E-state index contributed by atoms with van der Waals surface area (Å²) in [5.41, 5.74) is 6.07. The van der Waals surface area contributed by atoms with E-state index in [0.29, 0.717) is 36.8 Å². The summed E-state index contributed by atoms with van der Waals surface area (Å²) in [4.78, 5) is 18.3. The molecule has 2 aliphatic heterocycles. The molecular formula is C24H33N9O3. The van der Waals surface area contributed by atoms with E-state index in [1.807, 2.05) is 42.4 Å². The van der Waals surface area contributed by atoms with E-state index in [9.17, 15) is 4.79 Å². The number of anilines is 3. The first-order valence-corrected chi connectivity index (χ1v) is 12.1. The molecule has 5 rings (SSSR count). The number of nitrogens with one attached hydrogen (secondary N) is 3. The van der Waals surface area contributed by atoms with Crippen LogP contribution >= 0.6 is 0 Å². The molecule has 12 nitrogen and oxygen atoms in total. The van der Waals surface area contributed by atoms with Crippen LogP contribution in [0.3, 0.4) is 0 Å². The highest BCUT2D eigenvalue weighted by atomic mass is 16.5. The van der Waals surface area contributed by atoms with E-state index in [1.54, 1.807) is 34.7 Å². The van der Waals surface area contributed by atoms with Crippen LogP contribution in [0.1, 0.15) is 31.9 Å². The Balaban J connectivity index is 1.52. The number of fused-ring (bicyclic) bond motifs is 1. The van der Waals surface area contributed by atoms with Gasteiger partial charge in [0.1, 0.15) is 23.4 Å². The van der Waals surface area contributed by atoms with Crippen LogP contribution in [0, 0.1) is 0 Å². The second-order valence-corrected chi connectivity index (χ2v) is 9.21. The monoisotopic (exact) mass is 495 g/mol. The average molecular weight is 496 g/mol. The maximum atomic E-state index is 13.4. The predicted molar refractivity (Wildman–Crippen MR) is 138 cm³/mol. The second-order valence-electron chi connectivity index (χ2n) is 9.21. The number of nitrogens with zero attached hydrogens (tertiary/aromatic N) is 6. The van der Waals surface area contributed by atoms with Gasteiger partial charge in [0.2, 0.25) is 0 Å². The Kier molecular flexibility index (Phi) is 6.56. The molecule has 3 aromatic heterocycles. The summed E-state index contributed by atoms with van der Waals surface area (Å²) in [6, 6.07) is 5.64. The van der Waals surface area contributed by atoms with Crippen molar-refractivity contribution in [3.63, 3.8) is 0 Å². The number of hydrogen-bond acceptors (Lipinski definition) is 10. The Labute approximate surface area is 209 Å². The summed E-state index contributed by atoms with van der Waals surface area (Å²) in [7, 11) is 5.43. The lowest BCUT2D eigenvalue weighted by molar-refractivity contribution is -0.0609. The molecule has 0 spiro atoms. The predicted octanol–water partition coefficient (Wildman–Crippen LogP) is 2.03. The Bertz CT molecular complexity index is 1330. The Morgan fingerprint density at radius 3 is 2.89 bits per heavy atom. The van der Waals surface area contributed by atoms with E-state index in [-0.39, 0.29) is 23.7 Å². The van der Waals surface area contributed by atoms with Crippen LogP contribution in [0.5, 0.6) is 0 Å². The van der Waals surface area contributed by atoms with Crippen molar-refractivity contribution in [1.82, 2.24) is 34.7 Å². The maximum absolute atomic E-state index is 13.4. The molecule has 12 heteroatoms. The maximum Gasteiger partial charge on any atom is 0.274 e. The van der Waals surface area contributed by atoms with Crippen molar-refractivity contribution in [1.29, 1.82) is 0 Å². The fourth-order valence-corrected chi connectivity index (χ4v) is 4.62. The molecule has 3 aromatic rings. The minimum atomic E-state index is -0.179. The third kappa shape index (κ3) is 4.27. The fourth-order valence-electron chi connectivity index (χ4n) is 4.62. The Hall–Kier alpha value is -3.61. The third-order valence-electron chi connectivity index (χ3n) is 6.61. The summed E-state index contributed by atoms with van der Waals surface area (Å²) in [6.45, 7) is 5.28. The minimum absolute atomic E-state index is 0.0935. The zero-order valence-corrected chi connectivity index (χ0v) is 21.2. The van der Waals surface area contributed by atoms with E-state index in [1.165, 1.54) is 0 Å². The molecule has 2 aliphatic rings. The fraction of sp³-hybridized carbons (Fsp3) is 0.458. The van der Waals surface area contributed by atoms with E-state index in [0.717, 1.165) is 17.1 Å². The van der Waals surface area contributed by atoms with Crippen LogP contribution in [0.25, 0.3) is 11.3 Å². The first-order chi connectivity index (χ1) is 17.4. The molecule has 1 saturated heterocycles. The number of rotatable bonds is 7. The van der Waals surface area contributed by atoms with Gasteiger partial charge >= 0.3 is 0 Å². The van der Waals surface area contributed by atoms with Crippen LogP contribution in [-0.2, 0) is 9.47 Å². The van der Waals surface area contributed by atoms with E-state index >= 15 is 0 Å². The van der Waals surface area contributed by atoms with Crippen molar-refractivity contribution < 1.29 is 9.47 Å². The zero-order chi connectivity index (χ0) is 25.4. The molecule has 2 atom stereocenters. The van der Waals surface area contributed by atoms with Gasteiger partial charge in [0.15, 0.2) is 5.65 Å². The summed E-state index contributed by atoms with van der Waals surface area (Å²) in [5, 5.41) is 14.9. The molecule has 0 unspecified atom stereocenters. The van der Waals surface area contributed by atoms with Crippen molar-refractivity contribution in [3.8, 4) is 0 Å². The van der Waals surface area contributed by atoms with Gasteiger partial charge in [0.25, 0.3) is 5.56 Å². The molecule has 5 heterocycles. The number of aromatic nitrogens is 4. The molecule has 0 aliphatic carbocycles. The SMILES string of the molecule is CNc1cc(Nc2cccn([C@H]3CCOC[C@H]3OC)c2=O)nc2c(C3=CN(C(C)C)NN3C)cnn12. The van der Waals surface area contributed by atoms with Gasteiger partial charge < -0.3 is 24.7 Å². The number of hydrogen-bond donors (Lipinski definition) is 3. The van der Waals surface area contributed by atoms with Crippen molar-refractivity contribution in [2.24, 2.45) is 0 Å². The van der Waals surface area contributed by atoms with Crippen molar-refractivity contribution >= 4 is 28.7 Å². The number of hydrazine groups is 2. The standard InChI is InChI=1S/C24H33N9O3/c1-15(2)32-13-19(30(4)29-32)16-12-26-33-22(25-3)11-21(28-23(16)33)27-17-7-6-9-31(24(17)34)18-8-10-36-14-20(18)35-5/h6-7,9,11-13,15,18,20,25,29H,8,10,14H2,1-5H3,(H,27,28)/t18-,20+/m0/s1. The van der Waals surface area contributed by atoms with Gasteiger partial charge in [-0.3, -0.25) is 14.8 Å². The summed E-state index contributed by atoms with van der Waals surface area (Å²) < 4.78 is 14.6. The van der Waals surface area contributed by atoms with E-state index < -0.39 is 0 Å². The lowest BCUT2D eigenvalue weighted by Gasteiger charge is -2.32. The molecule has 36 heavy (non-hydrogen) atoms. The highest BCUT2D eigenvalue weighted by molar-refractivity contribution is 5.77. The van der Waals surface area contributed by atoms with Gasteiger partial charge in [0.05, 0.1) is 30.1 Å². The van der Waals surface area contributed by atoms with Crippen molar-refractivity contribution in [3.05, 3.63) is 52.7 Å². The minimum Gasteiger partial charge on any atom is -0.379 e. The molecule has 0 aromatic carbocycles. The van der Waals surface area contributed by atoms with Crippen LogP contribution < -0.4 is 21.7 Å². The molecule has 0 amide bonds. The molecule has 0 saturated carbocycles.